The third-order valence-corrected chi connectivity index (χ3v) is 4.67. The van der Waals surface area contributed by atoms with Gasteiger partial charge in [-0.2, -0.15) is 0 Å². The van der Waals surface area contributed by atoms with Crippen LogP contribution in [0.1, 0.15) is 24.5 Å². The molecule has 0 radical (unpaired) electrons. The lowest BCUT2D eigenvalue weighted by atomic mass is 10.1. The Morgan fingerprint density at radius 1 is 1.25 bits per heavy atom. The van der Waals surface area contributed by atoms with E-state index < -0.39 is 6.10 Å². The van der Waals surface area contributed by atoms with E-state index in [1.807, 2.05) is 30.3 Å². The summed E-state index contributed by atoms with van der Waals surface area (Å²) in [5.74, 6) is -0.256. The molecule has 1 fully saturated rings. The van der Waals surface area contributed by atoms with Gasteiger partial charge in [-0.1, -0.05) is 41.7 Å². The average molecular weight is 347 g/mol. The van der Waals surface area contributed by atoms with Gasteiger partial charge >= 0.3 is 0 Å². The number of rotatable bonds is 6. The monoisotopic (exact) mass is 347 g/mol. The molecule has 1 atom stereocenters. The number of anilines is 2. The molecule has 1 aliphatic rings. The van der Waals surface area contributed by atoms with E-state index in [0.717, 1.165) is 36.6 Å². The second-order valence-electron chi connectivity index (χ2n) is 5.60. The molecule has 2 heterocycles. The zero-order valence-electron chi connectivity index (χ0n) is 13.5. The minimum absolute atomic E-state index is 0.256. The first kappa shape index (κ1) is 16.8. The van der Waals surface area contributed by atoms with Crippen LogP contribution < -0.4 is 16.0 Å². The van der Waals surface area contributed by atoms with Gasteiger partial charge < -0.3 is 15.4 Å². The highest BCUT2D eigenvalue weighted by Gasteiger charge is 2.22. The normalized spacial score (nSPS) is 16.5. The lowest BCUT2D eigenvalue weighted by Crippen LogP contribution is -2.35. The Morgan fingerprint density at radius 2 is 1.96 bits per heavy atom. The smallest absolute Gasteiger partial charge is 0.259 e. The number of methoxy groups -OCH3 is 1. The van der Waals surface area contributed by atoms with Crippen molar-refractivity contribution in [3.05, 3.63) is 35.9 Å². The molecule has 1 amide bonds. The van der Waals surface area contributed by atoms with E-state index in [1.54, 1.807) is 0 Å². The van der Waals surface area contributed by atoms with Gasteiger partial charge in [0, 0.05) is 13.2 Å². The van der Waals surface area contributed by atoms with Crippen molar-refractivity contribution >= 4 is 27.5 Å². The molecule has 0 saturated carbocycles. The first-order valence-corrected chi connectivity index (χ1v) is 8.77. The molecule has 1 aliphatic heterocycles. The summed E-state index contributed by atoms with van der Waals surface area (Å²) in [6, 6.07) is 9.77. The molecule has 0 bridgehead atoms. The molecule has 1 aromatic carbocycles. The van der Waals surface area contributed by atoms with Crippen molar-refractivity contribution in [2.45, 2.75) is 25.0 Å². The highest BCUT2D eigenvalue weighted by Crippen LogP contribution is 2.24. The number of amides is 1. The standard InChI is InChI=1S/C16H21N5O2S/c1-23-13(11-5-3-2-4-6-11)14(22)19-16-21-20-15(24-16)18-12-7-9-17-10-8-12/h2-6,12-13,17H,7-10H2,1H3,(H,18,20)(H,19,21,22)/t13-/m1/s1. The fraction of sp³-hybridized carbons (Fsp3) is 0.438. The number of aromatic nitrogens is 2. The molecular formula is C16H21N5O2S. The second kappa shape index (κ2) is 8.18. The summed E-state index contributed by atoms with van der Waals surface area (Å²) in [6.45, 7) is 2.01. The van der Waals surface area contributed by atoms with E-state index in [2.05, 4.69) is 26.1 Å². The van der Waals surface area contributed by atoms with Gasteiger partial charge in [-0.05, 0) is 31.5 Å². The van der Waals surface area contributed by atoms with Crippen LogP contribution in [0.3, 0.4) is 0 Å². The predicted octanol–water partition coefficient (Wildman–Crippen LogP) is 2.03. The van der Waals surface area contributed by atoms with E-state index in [9.17, 15) is 4.79 Å². The van der Waals surface area contributed by atoms with Crippen molar-refractivity contribution in [1.82, 2.24) is 15.5 Å². The lowest BCUT2D eigenvalue weighted by molar-refractivity contribution is -0.126. The van der Waals surface area contributed by atoms with E-state index in [4.69, 9.17) is 4.74 Å². The van der Waals surface area contributed by atoms with Gasteiger partial charge in [0.05, 0.1) is 0 Å². The number of carbonyl (C=O) groups excluding carboxylic acids is 1. The summed E-state index contributed by atoms with van der Waals surface area (Å²) in [7, 11) is 1.52. The largest absolute Gasteiger partial charge is 0.367 e. The van der Waals surface area contributed by atoms with E-state index in [0.29, 0.717) is 11.2 Å². The Labute approximate surface area is 144 Å². The first-order chi connectivity index (χ1) is 11.8. The SMILES string of the molecule is CO[C@@H](C(=O)Nc1nnc(NC2CCNCC2)s1)c1ccccc1. The van der Waals surface area contributed by atoms with Gasteiger partial charge in [-0.15, -0.1) is 10.2 Å². The molecule has 128 valence electrons. The molecule has 0 aliphatic carbocycles. The van der Waals surface area contributed by atoms with Gasteiger partial charge in [-0.3, -0.25) is 10.1 Å². The number of ether oxygens (including phenoxy) is 1. The van der Waals surface area contributed by atoms with Crippen molar-refractivity contribution in [3.8, 4) is 0 Å². The number of hydrogen-bond donors (Lipinski definition) is 3. The maximum Gasteiger partial charge on any atom is 0.259 e. The summed E-state index contributed by atoms with van der Waals surface area (Å²) >= 11 is 1.34. The topological polar surface area (TPSA) is 88.2 Å². The summed E-state index contributed by atoms with van der Waals surface area (Å²) in [5, 5.41) is 18.8. The molecule has 3 rings (SSSR count). The maximum atomic E-state index is 12.4. The van der Waals surface area contributed by atoms with Crippen molar-refractivity contribution in [2.24, 2.45) is 0 Å². The molecule has 1 saturated heterocycles. The molecule has 24 heavy (non-hydrogen) atoms. The summed E-state index contributed by atoms with van der Waals surface area (Å²) in [6.07, 6.45) is 1.44. The number of hydrogen-bond acceptors (Lipinski definition) is 7. The molecule has 3 N–H and O–H groups in total. The fourth-order valence-corrected chi connectivity index (χ4v) is 3.39. The van der Waals surface area contributed by atoms with Crippen LogP contribution in [-0.2, 0) is 9.53 Å². The highest BCUT2D eigenvalue weighted by molar-refractivity contribution is 7.19. The zero-order valence-corrected chi connectivity index (χ0v) is 14.3. The number of benzene rings is 1. The predicted molar refractivity (Wildman–Crippen MR) is 94.2 cm³/mol. The minimum atomic E-state index is -0.670. The Bertz CT molecular complexity index is 657. The molecule has 7 nitrogen and oxygen atoms in total. The van der Waals surface area contributed by atoms with E-state index in [1.165, 1.54) is 18.4 Å². The van der Waals surface area contributed by atoms with Crippen molar-refractivity contribution in [3.63, 3.8) is 0 Å². The van der Waals surface area contributed by atoms with E-state index in [-0.39, 0.29) is 5.91 Å². The number of nitrogens with zero attached hydrogens (tertiary/aromatic N) is 2. The Kier molecular flexibility index (Phi) is 5.73. The molecule has 8 heteroatoms. The number of piperidine rings is 1. The summed E-state index contributed by atoms with van der Waals surface area (Å²) in [5.41, 5.74) is 0.801. The number of carbonyl (C=O) groups is 1. The lowest BCUT2D eigenvalue weighted by Gasteiger charge is -2.22. The maximum absolute atomic E-state index is 12.4. The fourth-order valence-electron chi connectivity index (χ4n) is 2.67. The Hall–Kier alpha value is -2.03. The van der Waals surface area contributed by atoms with Gasteiger partial charge in [-0.25, -0.2) is 0 Å². The highest BCUT2D eigenvalue weighted by atomic mass is 32.1. The molecule has 1 aromatic heterocycles. The van der Waals surface area contributed by atoms with Crippen LogP contribution in [0, 0.1) is 0 Å². The quantitative estimate of drug-likeness (QED) is 0.741. The molecular weight excluding hydrogens is 326 g/mol. The Morgan fingerprint density at radius 3 is 2.67 bits per heavy atom. The number of nitrogens with one attached hydrogen (secondary N) is 3. The molecule has 2 aromatic rings. The molecule has 0 spiro atoms. The van der Waals surface area contributed by atoms with Crippen LogP contribution in [0.25, 0.3) is 0 Å². The molecule has 0 unspecified atom stereocenters. The van der Waals surface area contributed by atoms with Gasteiger partial charge in [0.15, 0.2) is 6.10 Å². The zero-order chi connectivity index (χ0) is 16.8. The van der Waals surface area contributed by atoms with Crippen molar-refractivity contribution in [1.29, 1.82) is 0 Å². The van der Waals surface area contributed by atoms with Gasteiger partial charge in [0.2, 0.25) is 10.3 Å². The van der Waals surface area contributed by atoms with Crippen LogP contribution >= 0.6 is 11.3 Å². The van der Waals surface area contributed by atoms with Crippen LogP contribution in [0.5, 0.6) is 0 Å². The van der Waals surface area contributed by atoms with E-state index >= 15 is 0 Å². The first-order valence-electron chi connectivity index (χ1n) is 7.95. The minimum Gasteiger partial charge on any atom is -0.367 e. The summed E-state index contributed by atoms with van der Waals surface area (Å²) in [4.78, 5) is 12.4. The van der Waals surface area contributed by atoms with Crippen LogP contribution in [-0.4, -0.2) is 42.3 Å². The van der Waals surface area contributed by atoms with Crippen molar-refractivity contribution < 1.29 is 9.53 Å². The van der Waals surface area contributed by atoms with Gasteiger partial charge in [0.1, 0.15) is 0 Å². The Balaban J connectivity index is 1.60. The van der Waals surface area contributed by atoms with Crippen LogP contribution in [0.2, 0.25) is 0 Å². The second-order valence-corrected chi connectivity index (χ2v) is 6.57. The van der Waals surface area contributed by atoms with Crippen LogP contribution in [0.15, 0.2) is 30.3 Å². The summed E-state index contributed by atoms with van der Waals surface area (Å²) < 4.78 is 5.32. The van der Waals surface area contributed by atoms with Crippen LogP contribution in [0.4, 0.5) is 10.3 Å². The third-order valence-electron chi connectivity index (χ3n) is 3.90. The van der Waals surface area contributed by atoms with Gasteiger partial charge in [0.25, 0.3) is 5.91 Å². The average Bonchev–Trinajstić information content (AvgIpc) is 3.04. The third kappa shape index (κ3) is 4.28. The van der Waals surface area contributed by atoms with Crippen molar-refractivity contribution in [2.75, 3.05) is 30.8 Å².